The Balaban J connectivity index is 0.000000231. The van der Waals surface area contributed by atoms with Crippen LogP contribution in [-0.4, -0.2) is 35.5 Å². The molecule has 10 nitrogen and oxygen atoms in total. The second kappa shape index (κ2) is 24.0. The summed E-state index contributed by atoms with van der Waals surface area (Å²) in [6, 6.07) is 46.7. The second-order valence-electron chi connectivity index (χ2n) is 13.0. The number of rotatable bonds is 14. The summed E-state index contributed by atoms with van der Waals surface area (Å²) in [6.45, 7) is 0. The molecule has 0 spiro atoms. The fourth-order valence-electron chi connectivity index (χ4n) is 5.01. The van der Waals surface area contributed by atoms with Gasteiger partial charge in [-0.3, -0.25) is 0 Å². The zero-order valence-electron chi connectivity index (χ0n) is 33.0. The maximum Gasteiger partial charge on any atom is 0.339 e. The highest BCUT2D eigenvalue weighted by atomic mass is 79.9. The summed E-state index contributed by atoms with van der Waals surface area (Å²) < 4.78 is 82.2. The van der Waals surface area contributed by atoms with Crippen molar-refractivity contribution in [2.75, 3.05) is 0 Å². The molecule has 7 rings (SSSR count). The fourth-order valence-corrected chi connectivity index (χ4v) is 10.4. The maximum absolute atomic E-state index is 12.5. The first-order chi connectivity index (χ1) is 30.5. The van der Waals surface area contributed by atoms with Gasteiger partial charge in [-0.15, -0.1) is 0 Å². The number of hydrogen-bond donors (Lipinski definition) is 2. The van der Waals surface area contributed by atoms with Crippen molar-refractivity contribution in [3.8, 4) is 23.0 Å². The molecule has 0 amide bonds. The standard InChI is InChI=1S/C26H20Br2O6S3.C12H10O2S.C7H6BrClO2S/c27-17-19-1-13-25(14-2-19)36(29,30)33-21-5-9-23(10-6-21)35-24-11-7-22(8-12-24)34-37(31,32)26-15-3-20(18-28)4-16-26;13-9-1-5-11(6-2-9)15-12-7-3-10(14)4-8-12;8-5-6-1-3-7(4-2-6)12(9,10)11/h1-16H,17-18H2;1-8,13-14H;1-4H,5H2. The molecule has 0 saturated carbocycles. The molecule has 0 heterocycles. The van der Waals surface area contributed by atoms with Crippen LogP contribution in [-0.2, 0) is 45.3 Å². The summed E-state index contributed by atoms with van der Waals surface area (Å²) in [5.74, 6) is 0.939. The Labute approximate surface area is 411 Å². The van der Waals surface area contributed by atoms with Gasteiger partial charge in [0.1, 0.15) is 32.8 Å². The molecular formula is C45H36Br3ClO10S5. The number of benzene rings is 7. The first-order valence-corrected chi connectivity index (χ1v) is 28.5. The first kappa shape index (κ1) is 51.0. The highest BCUT2D eigenvalue weighted by Crippen LogP contribution is 2.32. The molecule has 0 radical (unpaired) electrons. The molecule has 0 fully saturated rings. The van der Waals surface area contributed by atoms with E-state index in [-0.39, 0.29) is 37.7 Å². The van der Waals surface area contributed by atoms with E-state index in [4.69, 9.17) is 29.3 Å². The quantitative estimate of drug-likeness (QED) is 0.0603. The van der Waals surface area contributed by atoms with Crippen molar-refractivity contribution in [1.82, 2.24) is 0 Å². The predicted molar refractivity (Wildman–Crippen MR) is 263 cm³/mol. The topological polar surface area (TPSA) is 161 Å². The van der Waals surface area contributed by atoms with E-state index in [1.54, 1.807) is 121 Å². The van der Waals surface area contributed by atoms with E-state index < -0.39 is 29.3 Å². The summed E-state index contributed by atoms with van der Waals surface area (Å²) >= 11 is 12.9. The van der Waals surface area contributed by atoms with E-state index in [0.29, 0.717) is 16.0 Å². The van der Waals surface area contributed by atoms with Gasteiger partial charge < -0.3 is 18.6 Å². The lowest BCUT2D eigenvalue weighted by Gasteiger charge is -2.09. The Morgan fingerprint density at radius 2 is 0.641 bits per heavy atom. The highest BCUT2D eigenvalue weighted by Gasteiger charge is 2.18. The monoisotopic (exact) mass is 1170 g/mol. The molecule has 2 N–H and O–H groups in total. The van der Waals surface area contributed by atoms with Crippen LogP contribution in [0.25, 0.3) is 0 Å². The Morgan fingerprint density at radius 1 is 0.391 bits per heavy atom. The lowest BCUT2D eigenvalue weighted by Crippen LogP contribution is -2.09. The molecule has 0 atom stereocenters. The number of aromatic hydroxyl groups is 2. The van der Waals surface area contributed by atoms with Crippen molar-refractivity contribution in [2.24, 2.45) is 0 Å². The van der Waals surface area contributed by atoms with Crippen LogP contribution >= 0.6 is 82.0 Å². The third-order valence-electron chi connectivity index (χ3n) is 8.30. The fraction of sp³-hybridized carbons (Fsp3) is 0.0667. The molecule has 7 aromatic carbocycles. The normalized spacial score (nSPS) is 11.3. The molecule has 0 aliphatic heterocycles. The van der Waals surface area contributed by atoms with Crippen molar-refractivity contribution >= 4 is 111 Å². The Bertz CT molecular complexity index is 2750. The van der Waals surface area contributed by atoms with Crippen LogP contribution in [0.3, 0.4) is 0 Å². The minimum atomic E-state index is -3.94. The van der Waals surface area contributed by atoms with Crippen LogP contribution in [0.4, 0.5) is 0 Å². The molecule has 0 aromatic heterocycles. The number of hydrogen-bond acceptors (Lipinski definition) is 12. The number of phenolic OH excluding ortho intramolecular Hbond substituents is 2. The molecule has 64 heavy (non-hydrogen) atoms. The van der Waals surface area contributed by atoms with Crippen molar-refractivity contribution in [3.63, 3.8) is 0 Å². The molecule has 19 heteroatoms. The van der Waals surface area contributed by atoms with E-state index in [1.807, 2.05) is 24.3 Å². The SMILES string of the molecule is O=S(=O)(Cl)c1ccc(CBr)cc1.O=S(=O)(Oc1ccc(Sc2ccc(OS(=O)(=O)c3ccc(CBr)cc3)cc2)cc1)c1ccc(CBr)cc1.Oc1ccc(Sc2ccc(O)cc2)cc1. The molecule has 0 unspecified atom stereocenters. The van der Waals surface area contributed by atoms with Crippen molar-refractivity contribution in [2.45, 2.75) is 50.3 Å². The third kappa shape index (κ3) is 16.2. The Kier molecular flexibility index (Phi) is 19.1. The largest absolute Gasteiger partial charge is 0.508 e. The Hall–Kier alpha value is -3.98. The zero-order valence-corrected chi connectivity index (χ0v) is 42.6. The summed E-state index contributed by atoms with van der Waals surface area (Å²) in [4.78, 5) is 4.09. The van der Waals surface area contributed by atoms with Crippen LogP contribution in [0.1, 0.15) is 16.7 Å². The average molecular weight is 1170 g/mol. The summed E-state index contributed by atoms with van der Waals surface area (Å²) in [6.07, 6.45) is 0. The first-order valence-electron chi connectivity index (χ1n) is 18.4. The van der Waals surface area contributed by atoms with Gasteiger partial charge >= 0.3 is 20.2 Å². The van der Waals surface area contributed by atoms with E-state index in [2.05, 4.69) is 47.8 Å². The number of halogens is 4. The molecule has 0 bridgehead atoms. The van der Waals surface area contributed by atoms with Crippen molar-refractivity contribution in [3.05, 3.63) is 187 Å². The van der Waals surface area contributed by atoms with Gasteiger partial charge in [-0.2, -0.15) is 16.8 Å². The lowest BCUT2D eigenvalue weighted by molar-refractivity contribution is 0.474. The smallest absolute Gasteiger partial charge is 0.339 e. The second-order valence-corrected chi connectivity index (χ2v) is 22.6. The van der Waals surface area contributed by atoms with Crippen molar-refractivity contribution in [1.29, 1.82) is 0 Å². The van der Waals surface area contributed by atoms with Gasteiger partial charge in [0.2, 0.25) is 0 Å². The van der Waals surface area contributed by atoms with E-state index in [9.17, 15) is 25.3 Å². The minimum Gasteiger partial charge on any atom is -0.508 e. The van der Waals surface area contributed by atoms with Crippen LogP contribution in [0, 0.1) is 0 Å². The van der Waals surface area contributed by atoms with Gasteiger partial charge in [0.15, 0.2) is 0 Å². The summed E-state index contributed by atoms with van der Waals surface area (Å²) in [7, 11) is -6.34. The highest BCUT2D eigenvalue weighted by molar-refractivity contribution is 9.09. The zero-order chi connectivity index (χ0) is 46.3. The van der Waals surface area contributed by atoms with Crippen molar-refractivity contribution < 1.29 is 43.8 Å². The van der Waals surface area contributed by atoms with Crippen LogP contribution in [0.15, 0.2) is 204 Å². The van der Waals surface area contributed by atoms with Gasteiger partial charge in [-0.25, -0.2) is 8.42 Å². The summed E-state index contributed by atoms with van der Waals surface area (Å²) in [5, 5.41) is 20.2. The van der Waals surface area contributed by atoms with Crippen LogP contribution < -0.4 is 8.37 Å². The average Bonchev–Trinajstić information content (AvgIpc) is 3.29. The van der Waals surface area contributed by atoms with E-state index >= 15 is 0 Å². The van der Waals surface area contributed by atoms with Gasteiger partial charge in [0.25, 0.3) is 9.05 Å². The van der Waals surface area contributed by atoms with Gasteiger partial charge in [-0.05, 0) is 150 Å². The molecule has 0 aliphatic rings. The predicted octanol–water partition coefficient (Wildman–Crippen LogP) is 12.9. The number of phenols is 2. The maximum atomic E-state index is 12.5. The van der Waals surface area contributed by atoms with Crippen LogP contribution in [0.2, 0.25) is 0 Å². The van der Waals surface area contributed by atoms with Gasteiger partial charge in [-0.1, -0.05) is 108 Å². The van der Waals surface area contributed by atoms with E-state index in [0.717, 1.165) is 36.3 Å². The minimum absolute atomic E-state index is 0.0796. The third-order valence-corrected chi connectivity index (χ3v) is 16.2. The van der Waals surface area contributed by atoms with Crippen LogP contribution in [0.5, 0.6) is 23.0 Å². The van der Waals surface area contributed by atoms with Gasteiger partial charge in [0.05, 0.1) is 4.90 Å². The van der Waals surface area contributed by atoms with E-state index in [1.165, 1.54) is 48.2 Å². The molecular weight excluding hydrogens is 1140 g/mol. The lowest BCUT2D eigenvalue weighted by atomic mass is 10.2. The molecule has 7 aromatic rings. The number of alkyl halides is 3. The molecule has 0 aliphatic carbocycles. The molecule has 0 saturated heterocycles. The Morgan fingerprint density at radius 3 is 0.891 bits per heavy atom. The van der Waals surface area contributed by atoms with Gasteiger partial charge in [0, 0.05) is 46.3 Å². The molecule has 334 valence electrons. The summed E-state index contributed by atoms with van der Waals surface area (Å²) in [5.41, 5.74) is 2.93.